The standard InChI is InChI=1S/C8H10BIO/c1-4-3-6(10)7(9)5(2)8(4)11/h3,11H,9H2,1-2H3. The van der Waals surface area contributed by atoms with E-state index in [2.05, 4.69) is 22.6 Å². The second kappa shape index (κ2) is 3.05. The molecule has 0 heterocycles. The van der Waals surface area contributed by atoms with Crippen LogP contribution in [0.5, 0.6) is 5.75 Å². The molecule has 0 bridgehead atoms. The van der Waals surface area contributed by atoms with Gasteiger partial charge in [-0.2, -0.15) is 0 Å². The highest BCUT2D eigenvalue weighted by atomic mass is 127. The number of benzene rings is 1. The van der Waals surface area contributed by atoms with Gasteiger partial charge >= 0.3 is 0 Å². The van der Waals surface area contributed by atoms with E-state index in [-0.39, 0.29) is 0 Å². The van der Waals surface area contributed by atoms with Gasteiger partial charge in [-0.15, -0.1) is 0 Å². The van der Waals surface area contributed by atoms with Crippen molar-refractivity contribution in [2.45, 2.75) is 13.8 Å². The van der Waals surface area contributed by atoms with Gasteiger partial charge in [0.05, 0.1) is 0 Å². The molecule has 11 heavy (non-hydrogen) atoms. The second-order valence-corrected chi connectivity index (χ2v) is 3.94. The fourth-order valence-electron chi connectivity index (χ4n) is 1.02. The lowest BCUT2D eigenvalue weighted by Crippen LogP contribution is -2.12. The lowest BCUT2D eigenvalue weighted by atomic mass is 9.89. The van der Waals surface area contributed by atoms with E-state index in [0.717, 1.165) is 11.1 Å². The van der Waals surface area contributed by atoms with Gasteiger partial charge in [-0.25, -0.2) is 0 Å². The molecule has 3 heteroatoms. The van der Waals surface area contributed by atoms with Crippen molar-refractivity contribution in [2.75, 3.05) is 0 Å². The molecule has 58 valence electrons. The molecule has 1 rings (SSSR count). The molecule has 0 saturated heterocycles. The molecule has 0 amide bonds. The Balaban J connectivity index is 3.46. The van der Waals surface area contributed by atoms with Gasteiger partial charge in [0.1, 0.15) is 13.6 Å². The number of hydrogen-bond donors (Lipinski definition) is 1. The van der Waals surface area contributed by atoms with Crippen molar-refractivity contribution < 1.29 is 5.11 Å². The maximum absolute atomic E-state index is 9.51. The molecule has 1 aromatic rings. The largest absolute Gasteiger partial charge is 0.507 e. The first kappa shape index (κ1) is 8.91. The molecule has 1 N–H and O–H groups in total. The van der Waals surface area contributed by atoms with Gasteiger partial charge in [0, 0.05) is 3.57 Å². The zero-order valence-electron chi connectivity index (χ0n) is 6.90. The minimum Gasteiger partial charge on any atom is -0.507 e. The molecular formula is C8H10BIO. The Kier molecular flexibility index (Phi) is 2.47. The third kappa shape index (κ3) is 1.53. The fraction of sp³-hybridized carbons (Fsp3) is 0.250. The van der Waals surface area contributed by atoms with Crippen LogP contribution in [0.2, 0.25) is 0 Å². The molecule has 0 aliphatic rings. The van der Waals surface area contributed by atoms with Crippen LogP contribution in [0.3, 0.4) is 0 Å². The highest BCUT2D eigenvalue weighted by molar-refractivity contribution is 14.1. The lowest BCUT2D eigenvalue weighted by Gasteiger charge is -2.08. The van der Waals surface area contributed by atoms with Gasteiger partial charge in [-0.3, -0.25) is 0 Å². The van der Waals surface area contributed by atoms with Gasteiger partial charge in [-0.1, -0.05) is 5.46 Å². The molecule has 0 aromatic heterocycles. The smallest absolute Gasteiger partial charge is 0.141 e. The van der Waals surface area contributed by atoms with E-state index in [1.807, 2.05) is 27.8 Å². The third-order valence-electron chi connectivity index (χ3n) is 1.99. The molecule has 0 fully saturated rings. The zero-order chi connectivity index (χ0) is 8.59. The van der Waals surface area contributed by atoms with Crippen molar-refractivity contribution in [3.05, 3.63) is 20.8 Å². The summed E-state index contributed by atoms with van der Waals surface area (Å²) in [7, 11) is 2.02. The first-order valence-electron chi connectivity index (χ1n) is 3.49. The van der Waals surface area contributed by atoms with Crippen molar-refractivity contribution in [1.29, 1.82) is 0 Å². The first-order chi connectivity index (χ1) is 5.04. The topological polar surface area (TPSA) is 20.2 Å². The number of rotatable bonds is 0. The Labute approximate surface area is 81.4 Å². The molecule has 0 atom stereocenters. The zero-order valence-corrected chi connectivity index (χ0v) is 9.06. The second-order valence-electron chi connectivity index (χ2n) is 2.77. The summed E-state index contributed by atoms with van der Waals surface area (Å²) in [4.78, 5) is 0. The van der Waals surface area contributed by atoms with Crippen LogP contribution in [-0.2, 0) is 0 Å². The van der Waals surface area contributed by atoms with Gasteiger partial charge in [-0.05, 0) is 53.6 Å². The van der Waals surface area contributed by atoms with Crippen LogP contribution >= 0.6 is 22.6 Å². The Morgan fingerprint density at radius 1 is 1.45 bits per heavy atom. The number of phenolic OH excluding ortho intramolecular Hbond substituents is 1. The van der Waals surface area contributed by atoms with E-state index in [0.29, 0.717) is 5.75 Å². The highest BCUT2D eigenvalue weighted by Crippen LogP contribution is 2.21. The number of halogens is 1. The summed E-state index contributed by atoms with van der Waals surface area (Å²) in [6.07, 6.45) is 0. The first-order valence-corrected chi connectivity index (χ1v) is 4.57. The van der Waals surface area contributed by atoms with E-state index < -0.39 is 0 Å². The van der Waals surface area contributed by atoms with Crippen molar-refractivity contribution in [3.63, 3.8) is 0 Å². The Morgan fingerprint density at radius 2 is 2.00 bits per heavy atom. The molecule has 0 saturated carbocycles. The van der Waals surface area contributed by atoms with Gasteiger partial charge in [0.15, 0.2) is 0 Å². The highest BCUT2D eigenvalue weighted by Gasteiger charge is 2.05. The minimum absolute atomic E-state index is 0.433. The predicted molar refractivity (Wildman–Crippen MR) is 58.5 cm³/mol. The monoisotopic (exact) mass is 260 g/mol. The summed E-state index contributed by atoms with van der Waals surface area (Å²) in [6, 6.07) is 2.00. The summed E-state index contributed by atoms with van der Waals surface area (Å²) in [5, 5.41) is 9.51. The summed E-state index contributed by atoms with van der Waals surface area (Å²) >= 11 is 2.28. The maximum Gasteiger partial charge on any atom is 0.141 e. The van der Waals surface area contributed by atoms with Crippen LogP contribution in [0.15, 0.2) is 6.07 Å². The molecule has 0 aliphatic carbocycles. The fourth-order valence-corrected chi connectivity index (χ4v) is 1.89. The third-order valence-corrected chi connectivity index (χ3v) is 3.11. The molecule has 1 aromatic carbocycles. The molecule has 0 aliphatic heterocycles. The maximum atomic E-state index is 9.51. The van der Waals surface area contributed by atoms with Gasteiger partial charge in [0.2, 0.25) is 0 Å². The molecule has 1 nitrogen and oxygen atoms in total. The van der Waals surface area contributed by atoms with Crippen molar-refractivity contribution in [3.8, 4) is 5.75 Å². The van der Waals surface area contributed by atoms with Crippen LogP contribution in [0, 0.1) is 17.4 Å². The molecule has 0 unspecified atom stereocenters. The van der Waals surface area contributed by atoms with Crippen LogP contribution < -0.4 is 5.46 Å². The lowest BCUT2D eigenvalue weighted by molar-refractivity contribution is 0.467. The van der Waals surface area contributed by atoms with E-state index >= 15 is 0 Å². The van der Waals surface area contributed by atoms with Crippen molar-refractivity contribution >= 4 is 35.9 Å². The summed E-state index contributed by atoms with van der Waals surface area (Å²) in [5.41, 5.74) is 3.13. The quantitative estimate of drug-likeness (QED) is 0.542. The van der Waals surface area contributed by atoms with Crippen LogP contribution in [0.4, 0.5) is 0 Å². The number of aryl methyl sites for hydroxylation is 1. The van der Waals surface area contributed by atoms with E-state index in [1.54, 1.807) is 0 Å². The van der Waals surface area contributed by atoms with E-state index in [9.17, 15) is 5.11 Å². The minimum atomic E-state index is 0.433. The van der Waals surface area contributed by atoms with Crippen LogP contribution in [0.25, 0.3) is 0 Å². The van der Waals surface area contributed by atoms with Crippen molar-refractivity contribution in [2.24, 2.45) is 0 Å². The Morgan fingerprint density at radius 3 is 2.55 bits per heavy atom. The van der Waals surface area contributed by atoms with Crippen molar-refractivity contribution in [1.82, 2.24) is 0 Å². The normalized spacial score (nSPS) is 10.1. The Bertz CT molecular complexity index is 270. The van der Waals surface area contributed by atoms with E-state index in [1.165, 1.54) is 9.03 Å². The number of aromatic hydroxyl groups is 1. The van der Waals surface area contributed by atoms with Gasteiger partial charge in [0.25, 0.3) is 0 Å². The number of phenols is 1. The number of hydrogen-bond acceptors (Lipinski definition) is 1. The SMILES string of the molecule is Bc1c(I)cc(C)c(O)c1C. The molecular weight excluding hydrogens is 250 g/mol. The molecule has 0 radical (unpaired) electrons. The molecule has 0 spiro atoms. The van der Waals surface area contributed by atoms with Crippen LogP contribution in [0.1, 0.15) is 11.1 Å². The summed E-state index contributed by atoms with van der Waals surface area (Å²) < 4.78 is 1.22. The van der Waals surface area contributed by atoms with Gasteiger partial charge < -0.3 is 5.11 Å². The predicted octanol–water partition coefficient (Wildman–Crippen LogP) is 0.872. The Hall–Kier alpha value is -0.185. The van der Waals surface area contributed by atoms with E-state index in [4.69, 9.17) is 0 Å². The summed E-state index contributed by atoms with van der Waals surface area (Å²) in [5.74, 6) is 0.433. The average molecular weight is 260 g/mol. The van der Waals surface area contributed by atoms with Crippen LogP contribution in [-0.4, -0.2) is 13.0 Å². The summed E-state index contributed by atoms with van der Waals surface area (Å²) in [6.45, 7) is 3.86. The average Bonchev–Trinajstić information content (AvgIpc) is 1.97.